The predicted molar refractivity (Wildman–Crippen MR) is 66.8 cm³/mol. The Morgan fingerprint density at radius 3 is 2.89 bits per heavy atom. The van der Waals surface area contributed by atoms with Crippen molar-refractivity contribution in [2.24, 2.45) is 7.05 Å². The van der Waals surface area contributed by atoms with Crippen LogP contribution >= 0.6 is 0 Å². The Kier molecular flexibility index (Phi) is 3.91. The molecular formula is C11H17N3O4S. The largest absolute Gasteiger partial charge is 0.465 e. The number of esters is 1. The molecule has 1 aromatic rings. The highest BCUT2D eigenvalue weighted by Crippen LogP contribution is 2.25. The lowest BCUT2D eigenvalue weighted by atomic mass is 10.2. The van der Waals surface area contributed by atoms with Gasteiger partial charge in [-0.2, -0.15) is 4.31 Å². The molecule has 1 atom stereocenters. The Labute approximate surface area is 112 Å². The van der Waals surface area contributed by atoms with Gasteiger partial charge in [0.25, 0.3) is 10.0 Å². The lowest BCUT2D eigenvalue weighted by Gasteiger charge is -2.21. The van der Waals surface area contributed by atoms with Crippen LogP contribution in [0.4, 0.5) is 0 Å². The van der Waals surface area contributed by atoms with Crippen LogP contribution in [0.3, 0.4) is 0 Å². The minimum absolute atomic E-state index is 0.0359. The van der Waals surface area contributed by atoms with E-state index in [1.54, 1.807) is 18.5 Å². The maximum Gasteiger partial charge on any atom is 0.324 e. The highest BCUT2D eigenvalue weighted by atomic mass is 32.2. The number of rotatable bonds is 4. The molecular weight excluding hydrogens is 270 g/mol. The third-order valence-corrected chi connectivity index (χ3v) is 4.81. The first kappa shape index (κ1) is 14.0. The standard InChI is InChI=1S/C11H17N3O4S/c1-3-18-11(15)9-5-4-6-14(9)19(16,17)10-7-13(2)8-12-10/h7-9H,3-6H2,1-2H3. The molecule has 0 amide bonds. The van der Waals surface area contributed by atoms with Gasteiger partial charge < -0.3 is 9.30 Å². The first-order valence-corrected chi connectivity index (χ1v) is 7.57. The Morgan fingerprint density at radius 2 is 2.32 bits per heavy atom. The van der Waals surface area contributed by atoms with Crippen molar-refractivity contribution in [1.29, 1.82) is 0 Å². The topological polar surface area (TPSA) is 81.5 Å². The third kappa shape index (κ3) is 2.64. The molecule has 0 N–H and O–H groups in total. The summed E-state index contributed by atoms with van der Waals surface area (Å²) in [6.45, 7) is 2.26. The molecule has 1 unspecified atom stereocenters. The number of carbonyl (C=O) groups is 1. The van der Waals surface area contributed by atoms with Gasteiger partial charge in [-0.25, -0.2) is 13.4 Å². The second kappa shape index (κ2) is 5.30. The van der Waals surface area contributed by atoms with Crippen molar-refractivity contribution in [1.82, 2.24) is 13.9 Å². The van der Waals surface area contributed by atoms with Gasteiger partial charge in [-0.3, -0.25) is 4.79 Å². The molecule has 8 heteroatoms. The van der Waals surface area contributed by atoms with E-state index < -0.39 is 22.0 Å². The summed E-state index contributed by atoms with van der Waals surface area (Å²) < 4.78 is 32.5. The average molecular weight is 287 g/mol. The lowest BCUT2D eigenvalue weighted by Crippen LogP contribution is -2.41. The van der Waals surface area contributed by atoms with Crippen molar-refractivity contribution in [3.05, 3.63) is 12.5 Å². The van der Waals surface area contributed by atoms with E-state index in [1.807, 2.05) is 0 Å². The molecule has 19 heavy (non-hydrogen) atoms. The van der Waals surface area contributed by atoms with Crippen molar-refractivity contribution in [2.45, 2.75) is 30.8 Å². The van der Waals surface area contributed by atoms with Gasteiger partial charge >= 0.3 is 5.97 Å². The van der Waals surface area contributed by atoms with E-state index >= 15 is 0 Å². The van der Waals surface area contributed by atoms with Gasteiger partial charge in [-0.1, -0.05) is 0 Å². The maximum absolute atomic E-state index is 12.4. The van der Waals surface area contributed by atoms with Crippen LogP contribution in [0.2, 0.25) is 0 Å². The second-order valence-electron chi connectivity index (χ2n) is 4.40. The number of sulfonamides is 1. The summed E-state index contributed by atoms with van der Waals surface area (Å²) >= 11 is 0. The summed E-state index contributed by atoms with van der Waals surface area (Å²) in [5, 5.41) is -0.0359. The molecule has 1 fully saturated rings. The van der Waals surface area contributed by atoms with Crippen LogP contribution in [0, 0.1) is 0 Å². The lowest BCUT2D eigenvalue weighted by molar-refractivity contribution is -0.146. The number of imidazole rings is 1. The molecule has 0 spiro atoms. The molecule has 1 aromatic heterocycles. The van der Waals surface area contributed by atoms with E-state index in [9.17, 15) is 13.2 Å². The van der Waals surface area contributed by atoms with E-state index in [-0.39, 0.29) is 11.6 Å². The number of aryl methyl sites for hydroxylation is 1. The Hall–Kier alpha value is -1.41. The first-order chi connectivity index (χ1) is 8.96. The molecule has 1 saturated heterocycles. The summed E-state index contributed by atoms with van der Waals surface area (Å²) in [5.41, 5.74) is 0. The van der Waals surface area contributed by atoms with Crippen molar-refractivity contribution < 1.29 is 17.9 Å². The normalized spacial score (nSPS) is 20.6. The molecule has 1 aliphatic rings. The number of aromatic nitrogens is 2. The fourth-order valence-electron chi connectivity index (χ4n) is 2.14. The zero-order valence-electron chi connectivity index (χ0n) is 10.9. The minimum atomic E-state index is -3.73. The third-order valence-electron chi connectivity index (χ3n) is 3.02. The van der Waals surface area contributed by atoms with Crippen molar-refractivity contribution >= 4 is 16.0 Å². The zero-order valence-corrected chi connectivity index (χ0v) is 11.8. The fourth-order valence-corrected chi connectivity index (χ4v) is 3.76. The molecule has 0 radical (unpaired) electrons. The summed E-state index contributed by atoms with van der Waals surface area (Å²) in [6, 6.07) is -0.730. The van der Waals surface area contributed by atoms with Crippen molar-refractivity contribution in [2.75, 3.05) is 13.2 Å². The molecule has 2 heterocycles. The Bertz CT molecular complexity index is 566. The molecule has 106 valence electrons. The molecule has 7 nitrogen and oxygen atoms in total. The van der Waals surface area contributed by atoms with Crippen LogP contribution in [-0.2, 0) is 26.6 Å². The summed E-state index contributed by atoms with van der Waals surface area (Å²) in [7, 11) is -2.04. The Morgan fingerprint density at radius 1 is 1.58 bits per heavy atom. The van der Waals surface area contributed by atoms with Crippen LogP contribution in [-0.4, -0.2) is 47.4 Å². The molecule has 0 aliphatic carbocycles. The maximum atomic E-state index is 12.4. The summed E-state index contributed by atoms with van der Waals surface area (Å²) in [5.74, 6) is -0.487. The van der Waals surface area contributed by atoms with E-state index in [0.29, 0.717) is 19.4 Å². The smallest absolute Gasteiger partial charge is 0.324 e. The van der Waals surface area contributed by atoms with E-state index in [4.69, 9.17) is 4.74 Å². The van der Waals surface area contributed by atoms with Gasteiger partial charge in [0, 0.05) is 19.8 Å². The number of hydrogen-bond donors (Lipinski definition) is 0. The van der Waals surface area contributed by atoms with Crippen LogP contribution in [0.1, 0.15) is 19.8 Å². The van der Waals surface area contributed by atoms with Crippen molar-refractivity contribution in [3.8, 4) is 0 Å². The summed E-state index contributed by atoms with van der Waals surface area (Å²) in [4.78, 5) is 15.6. The van der Waals surface area contributed by atoms with Gasteiger partial charge in [0.1, 0.15) is 6.04 Å². The fraction of sp³-hybridized carbons (Fsp3) is 0.636. The van der Waals surface area contributed by atoms with E-state index in [0.717, 1.165) is 0 Å². The zero-order chi connectivity index (χ0) is 14.0. The Balaban J connectivity index is 2.27. The second-order valence-corrected chi connectivity index (χ2v) is 6.24. The molecule has 2 rings (SSSR count). The first-order valence-electron chi connectivity index (χ1n) is 6.13. The molecule has 1 aliphatic heterocycles. The van der Waals surface area contributed by atoms with Gasteiger partial charge in [0.2, 0.25) is 0 Å². The highest BCUT2D eigenvalue weighted by molar-refractivity contribution is 7.89. The molecule has 0 saturated carbocycles. The number of nitrogens with zero attached hydrogens (tertiary/aromatic N) is 3. The monoisotopic (exact) mass is 287 g/mol. The predicted octanol–water partition coefficient (Wildman–Crippen LogP) is 0.136. The summed E-state index contributed by atoms with van der Waals surface area (Å²) in [6.07, 6.45) is 3.98. The van der Waals surface area contributed by atoms with Crippen molar-refractivity contribution in [3.63, 3.8) is 0 Å². The van der Waals surface area contributed by atoms with Gasteiger partial charge in [0.05, 0.1) is 12.9 Å². The van der Waals surface area contributed by atoms with Crippen LogP contribution in [0.15, 0.2) is 17.6 Å². The quantitative estimate of drug-likeness (QED) is 0.736. The molecule has 0 aromatic carbocycles. The van der Waals surface area contributed by atoms with Gasteiger partial charge in [0.15, 0.2) is 5.03 Å². The van der Waals surface area contributed by atoms with Gasteiger partial charge in [-0.05, 0) is 19.8 Å². The van der Waals surface area contributed by atoms with Crippen LogP contribution < -0.4 is 0 Å². The number of hydrogen-bond acceptors (Lipinski definition) is 5. The number of carbonyl (C=O) groups excluding carboxylic acids is 1. The highest BCUT2D eigenvalue weighted by Gasteiger charge is 2.41. The van der Waals surface area contributed by atoms with Gasteiger partial charge in [-0.15, -0.1) is 0 Å². The SMILES string of the molecule is CCOC(=O)C1CCCN1S(=O)(=O)c1cn(C)cn1. The average Bonchev–Trinajstić information content (AvgIpc) is 2.97. The number of ether oxygens (including phenoxy) is 1. The molecule has 0 bridgehead atoms. The van der Waals surface area contributed by atoms with Crippen LogP contribution in [0.25, 0.3) is 0 Å². The van der Waals surface area contributed by atoms with E-state index in [1.165, 1.54) is 16.8 Å². The van der Waals surface area contributed by atoms with E-state index in [2.05, 4.69) is 4.98 Å². The van der Waals surface area contributed by atoms with Crippen LogP contribution in [0.5, 0.6) is 0 Å². The minimum Gasteiger partial charge on any atom is -0.465 e.